The topological polar surface area (TPSA) is 80.8 Å². The van der Waals surface area contributed by atoms with Gasteiger partial charge in [-0.15, -0.1) is 0 Å². The predicted octanol–water partition coefficient (Wildman–Crippen LogP) is 3.23. The number of halogens is 3. The van der Waals surface area contributed by atoms with Crippen LogP contribution in [0.15, 0.2) is 24.3 Å². The summed E-state index contributed by atoms with van der Waals surface area (Å²) in [5.41, 5.74) is 0.323. The van der Waals surface area contributed by atoms with E-state index in [1.807, 2.05) is 0 Å². The summed E-state index contributed by atoms with van der Waals surface area (Å²) in [7, 11) is 0. The molecule has 2 bridgehead atoms. The van der Waals surface area contributed by atoms with Crippen LogP contribution in [0, 0.1) is 23.7 Å². The van der Waals surface area contributed by atoms with Gasteiger partial charge in [-0.1, -0.05) is 55.6 Å². The van der Waals surface area contributed by atoms with Crippen LogP contribution in [0.2, 0.25) is 5.02 Å². The molecule has 1 aliphatic heterocycles. The number of alkyl halides is 2. The number of Topliss-reactive ketones (excluding diaryl/α,β-unsaturated/α-hetero) is 1. The van der Waals surface area contributed by atoms with Crippen molar-refractivity contribution in [2.45, 2.75) is 29.1 Å². The molecule has 1 saturated heterocycles. The van der Waals surface area contributed by atoms with Gasteiger partial charge < -0.3 is 4.74 Å². The first-order valence-electron chi connectivity index (χ1n) is 9.33. The molecule has 3 fully saturated rings. The Morgan fingerprint density at radius 3 is 2.31 bits per heavy atom. The Labute approximate surface area is 189 Å². The largest absolute Gasteiger partial charge is 0.453 e. The molecule has 7 atom stereocenters. The number of likely N-dealkylation sites (tertiary alicyclic amines) is 1. The average molecular weight is 548 g/mol. The van der Waals surface area contributed by atoms with Gasteiger partial charge in [0.05, 0.1) is 11.8 Å². The number of benzene rings is 1. The van der Waals surface area contributed by atoms with Crippen molar-refractivity contribution in [1.29, 1.82) is 0 Å². The van der Waals surface area contributed by atoms with Gasteiger partial charge in [-0.3, -0.25) is 24.1 Å². The van der Waals surface area contributed by atoms with E-state index in [2.05, 4.69) is 31.9 Å². The molecule has 1 heterocycles. The van der Waals surface area contributed by atoms with Gasteiger partial charge in [-0.25, -0.2) is 0 Å². The summed E-state index contributed by atoms with van der Waals surface area (Å²) >= 11 is 13.1. The third kappa shape index (κ3) is 3.47. The van der Waals surface area contributed by atoms with E-state index in [0.717, 1.165) is 11.3 Å². The van der Waals surface area contributed by atoms with Crippen LogP contribution in [0.5, 0.6) is 0 Å². The summed E-state index contributed by atoms with van der Waals surface area (Å²) in [6, 6.07) is 6.34. The van der Waals surface area contributed by atoms with Crippen LogP contribution in [0.1, 0.15) is 23.7 Å². The highest BCUT2D eigenvalue weighted by Gasteiger charge is 2.66. The second-order valence-corrected chi connectivity index (χ2v) is 10.3. The van der Waals surface area contributed by atoms with E-state index in [0.29, 0.717) is 10.6 Å². The van der Waals surface area contributed by atoms with E-state index < -0.39 is 24.4 Å². The SMILES string of the molecule is C[C@H](OC(=O)CN1C(=O)[C@H]2[C@@H]3C[C@H]([C@@H](Br)[C@H]3Br)[C@@H]2C1=O)C(=O)c1cccc(Cl)c1. The summed E-state index contributed by atoms with van der Waals surface area (Å²) in [5.74, 6) is -2.44. The fourth-order valence-electron chi connectivity index (χ4n) is 4.86. The Balaban J connectivity index is 1.41. The molecule has 29 heavy (non-hydrogen) atoms. The van der Waals surface area contributed by atoms with Crippen LogP contribution in [0.4, 0.5) is 0 Å². The monoisotopic (exact) mass is 545 g/mol. The zero-order valence-corrected chi connectivity index (χ0v) is 19.3. The van der Waals surface area contributed by atoms with Crippen molar-refractivity contribution in [1.82, 2.24) is 4.90 Å². The second-order valence-electron chi connectivity index (χ2n) is 7.77. The lowest BCUT2D eigenvalue weighted by Crippen LogP contribution is -2.39. The minimum absolute atomic E-state index is 0.0789. The zero-order valence-electron chi connectivity index (χ0n) is 15.4. The Morgan fingerprint density at radius 1 is 1.17 bits per heavy atom. The molecule has 6 nitrogen and oxygen atoms in total. The number of carbonyl (C=O) groups is 4. The van der Waals surface area contributed by atoms with Crippen molar-refractivity contribution in [3.05, 3.63) is 34.9 Å². The number of esters is 1. The number of ketones is 1. The third-order valence-corrected chi connectivity index (χ3v) is 9.59. The van der Waals surface area contributed by atoms with Gasteiger partial charge in [0, 0.05) is 20.2 Å². The van der Waals surface area contributed by atoms with E-state index in [9.17, 15) is 19.2 Å². The van der Waals surface area contributed by atoms with Gasteiger partial charge in [-0.05, 0) is 37.3 Å². The van der Waals surface area contributed by atoms with Crippen LogP contribution in [0.25, 0.3) is 0 Å². The fraction of sp³-hybridized carbons (Fsp3) is 0.500. The van der Waals surface area contributed by atoms with Gasteiger partial charge >= 0.3 is 5.97 Å². The number of imide groups is 1. The number of nitrogens with zero attached hydrogens (tertiary/aromatic N) is 1. The highest BCUT2D eigenvalue weighted by atomic mass is 79.9. The summed E-state index contributed by atoms with van der Waals surface area (Å²) < 4.78 is 5.20. The molecule has 2 amide bonds. The van der Waals surface area contributed by atoms with Crippen molar-refractivity contribution in [2.24, 2.45) is 23.7 Å². The van der Waals surface area contributed by atoms with Gasteiger partial charge in [0.25, 0.3) is 0 Å². The predicted molar refractivity (Wildman–Crippen MR) is 112 cm³/mol. The van der Waals surface area contributed by atoms with Gasteiger partial charge in [0.1, 0.15) is 6.54 Å². The van der Waals surface area contributed by atoms with Crippen LogP contribution in [0.3, 0.4) is 0 Å². The molecular formula is C20H18Br2ClNO5. The molecule has 0 aromatic heterocycles. The smallest absolute Gasteiger partial charge is 0.326 e. The number of fused-ring (bicyclic) bond motifs is 5. The first-order valence-corrected chi connectivity index (χ1v) is 11.5. The standard InChI is InChI=1S/C20H18Br2ClNO5/c1-8(18(26)9-3-2-4-10(23)5-9)29-13(25)7-24-19(27)14-11-6-12(15(14)20(24)28)17(22)16(11)21/h2-5,8,11-12,14-17H,6-7H2,1H3/t8-,11-,12-,14-,15-,16-,17+/m0/s1. The van der Waals surface area contributed by atoms with E-state index >= 15 is 0 Å². The summed E-state index contributed by atoms with van der Waals surface area (Å²) in [4.78, 5) is 51.7. The van der Waals surface area contributed by atoms with E-state index in [1.165, 1.54) is 13.0 Å². The number of carbonyl (C=O) groups excluding carboxylic acids is 4. The summed E-state index contributed by atoms with van der Waals surface area (Å²) in [5, 5.41) is 0.402. The maximum absolute atomic E-state index is 12.8. The van der Waals surface area contributed by atoms with Crippen molar-refractivity contribution in [3.63, 3.8) is 0 Å². The molecular weight excluding hydrogens is 529 g/mol. The molecule has 3 aliphatic rings. The summed E-state index contributed by atoms with van der Waals surface area (Å²) in [6.45, 7) is 0.978. The van der Waals surface area contributed by atoms with Crippen LogP contribution in [-0.2, 0) is 19.1 Å². The normalized spacial score (nSPS) is 33.7. The fourth-order valence-corrected chi connectivity index (χ4v) is 6.92. The molecule has 0 unspecified atom stereocenters. The maximum atomic E-state index is 12.8. The molecule has 2 aliphatic carbocycles. The summed E-state index contributed by atoms with van der Waals surface area (Å²) in [6.07, 6.45) is -0.231. The molecule has 2 saturated carbocycles. The van der Waals surface area contributed by atoms with Crippen LogP contribution < -0.4 is 0 Å². The van der Waals surface area contributed by atoms with Crippen molar-refractivity contribution < 1.29 is 23.9 Å². The lowest BCUT2D eigenvalue weighted by atomic mass is 9.81. The van der Waals surface area contributed by atoms with Crippen molar-refractivity contribution >= 4 is 67.0 Å². The Hall–Kier alpha value is -1.25. The van der Waals surface area contributed by atoms with Gasteiger partial charge in [-0.2, -0.15) is 0 Å². The Morgan fingerprint density at radius 2 is 1.76 bits per heavy atom. The zero-order chi connectivity index (χ0) is 21.0. The molecule has 1 aromatic carbocycles. The minimum atomic E-state index is -1.05. The Bertz CT molecular complexity index is 877. The van der Waals surface area contributed by atoms with E-state index in [4.69, 9.17) is 16.3 Å². The number of amides is 2. The lowest BCUT2D eigenvalue weighted by Gasteiger charge is -2.28. The molecule has 4 rings (SSSR count). The molecule has 154 valence electrons. The molecule has 9 heteroatoms. The second kappa shape index (κ2) is 7.78. The number of hydrogen-bond acceptors (Lipinski definition) is 5. The first-order chi connectivity index (χ1) is 13.7. The first kappa shape index (κ1) is 21.0. The average Bonchev–Trinajstić information content (AvgIpc) is 3.28. The van der Waals surface area contributed by atoms with Crippen molar-refractivity contribution in [2.75, 3.05) is 6.54 Å². The third-order valence-electron chi connectivity index (χ3n) is 6.15. The van der Waals surface area contributed by atoms with Gasteiger partial charge in [0.15, 0.2) is 6.10 Å². The molecule has 0 N–H and O–H groups in total. The number of ether oxygens (including phenoxy) is 1. The minimum Gasteiger partial charge on any atom is -0.453 e. The van der Waals surface area contributed by atoms with E-state index in [-0.39, 0.29) is 45.1 Å². The number of hydrogen-bond donors (Lipinski definition) is 0. The van der Waals surface area contributed by atoms with E-state index in [1.54, 1.807) is 18.2 Å². The highest BCUT2D eigenvalue weighted by Crippen LogP contribution is 2.60. The highest BCUT2D eigenvalue weighted by molar-refractivity contribution is 9.12. The molecule has 0 spiro atoms. The number of rotatable bonds is 5. The van der Waals surface area contributed by atoms with Crippen LogP contribution >= 0.6 is 43.5 Å². The maximum Gasteiger partial charge on any atom is 0.326 e. The molecule has 1 aromatic rings. The van der Waals surface area contributed by atoms with Gasteiger partial charge in [0.2, 0.25) is 17.6 Å². The lowest BCUT2D eigenvalue weighted by molar-refractivity contribution is -0.155. The molecule has 0 radical (unpaired) electrons. The Kier molecular flexibility index (Phi) is 5.63. The van der Waals surface area contributed by atoms with Crippen molar-refractivity contribution in [3.8, 4) is 0 Å². The van der Waals surface area contributed by atoms with Crippen LogP contribution in [-0.4, -0.2) is 50.8 Å². The quantitative estimate of drug-likeness (QED) is 0.245.